The summed E-state index contributed by atoms with van der Waals surface area (Å²) in [5.41, 5.74) is 1.80. The number of carbonyl (C=O) groups excluding carboxylic acids is 2. The molecule has 4 nitrogen and oxygen atoms in total. The number of amides is 2. The van der Waals surface area contributed by atoms with E-state index in [0.717, 1.165) is 23.1 Å². The molecule has 0 radical (unpaired) electrons. The first kappa shape index (κ1) is 15.7. The molecule has 0 spiro atoms. The SMILES string of the molecule is CNC(=O)Cc1ccc(NC(=O)C2C3CC4CC(C3)CC2C4)cc1. The Morgan fingerprint density at radius 3 is 2.08 bits per heavy atom. The van der Waals surface area contributed by atoms with Gasteiger partial charge in [0, 0.05) is 18.7 Å². The lowest BCUT2D eigenvalue weighted by Crippen LogP contribution is -2.49. The Hall–Kier alpha value is -1.84. The molecule has 0 aliphatic heterocycles. The molecule has 4 bridgehead atoms. The van der Waals surface area contributed by atoms with E-state index >= 15 is 0 Å². The predicted octanol–water partition coefficient (Wildman–Crippen LogP) is 2.99. The Morgan fingerprint density at radius 2 is 1.54 bits per heavy atom. The summed E-state index contributed by atoms with van der Waals surface area (Å²) in [4.78, 5) is 24.2. The van der Waals surface area contributed by atoms with Gasteiger partial charge in [0.1, 0.15) is 0 Å². The third-order valence-corrected chi connectivity index (χ3v) is 6.39. The molecule has 2 amide bonds. The van der Waals surface area contributed by atoms with Crippen LogP contribution in [0.25, 0.3) is 0 Å². The molecule has 24 heavy (non-hydrogen) atoms. The Balaban J connectivity index is 1.40. The number of carbonyl (C=O) groups is 2. The monoisotopic (exact) mass is 326 g/mol. The zero-order valence-corrected chi connectivity index (χ0v) is 14.3. The molecular formula is C20H26N2O2. The molecule has 4 fully saturated rings. The maximum atomic E-state index is 12.8. The molecule has 5 rings (SSSR count). The standard InChI is InChI=1S/C20H26N2O2/c1-21-18(23)11-12-2-4-17(5-3-12)22-20(24)19-15-7-13-6-14(9-15)10-16(19)8-13/h2-5,13-16,19H,6-11H2,1H3,(H,21,23)(H,22,24). The molecule has 0 saturated heterocycles. The number of likely N-dealkylation sites (N-methyl/N-ethyl adjacent to an activating group) is 1. The molecular weight excluding hydrogens is 300 g/mol. The molecule has 4 heteroatoms. The second-order valence-electron chi connectivity index (χ2n) is 7.99. The van der Waals surface area contributed by atoms with Gasteiger partial charge in [0.25, 0.3) is 0 Å². The van der Waals surface area contributed by atoms with Crippen molar-refractivity contribution in [3.8, 4) is 0 Å². The zero-order valence-electron chi connectivity index (χ0n) is 14.3. The van der Waals surface area contributed by atoms with Crippen LogP contribution in [0.4, 0.5) is 5.69 Å². The van der Waals surface area contributed by atoms with Crippen LogP contribution in [-0.2, 0) is 16.0 Å². The molecule has 4 aliphatic carbocycles. The van der Waals surface area contributed by atoms with Gasteiger partial charge >= 0.3 is 0 Å². The fourth-order valence-electron chi connectivity index (χ4n) is 5.56. The summed E-state index contributed by atoms with van der Waals surface area (Å²) in [6.45, 7) is 0. The molecule has 1 aromatic carbocycles. The smallest absolute Gasteiger partial charge is 0.228 e. The molecule has 2 N–H and O–H groups in total. The van der Waals surface area contributed by atoms with Gasteiger partial charge < -0.3 is 10.6 Å². The van der Waals surface area contributed by atoms with Crippen molar-refractivity contribution in [3.63, 3.8) is 0 Å². The highest BCUT2D eigenvalue weighted by atomic mass is 16.2. The summed E-state index contributed by atoms with van der Waals surface area (Å²) in [7, 11) is 1.64. The van der Waals surface area contributed by atoms with E-state index in [0.29, 0.717) is 18.3 Å². The highest BCUT2D eigenvalue weighted by molar-refractivity contribution is 5.93. The Bertz CT molecular complexity index is 610. The van der Waals surface area contributed by atoms with Gasteiger partial charge in [0.05, 0.1) is 6.42 Å². The van der Waals surface area contributed by atoms with Crippen molar-refractivity contribution in [2.24, 2.45) is 29.6 Å². The van der Waals surface area contributed by atoms with E-state index in [9.17, 15) is 9.59 Å². The minimum atomic E-state index is 0.000353. The van der Waals surface area contributed by atoms with Gasteiger partial charge in [-0.1, -0.05) is 12.1 Å². The van der Waals surface area contributed by atoms with Gasteiger partial charge in [-0.3, -0.25) is 9.59 Å². The Kier molecular flexibility index (Phi) is 4.07. The zero-order chi connectivity index (χ0) is 16.7. The second kappa shape index (κ2) is 6.23. The van der Waals surface area contributed by atoms with Crippen LogP contribution in [0.15, 0.2) is 24.3 Å². The lowest BCUT2D eigenvalue weighted by Gasteiger charge is -2.53. The Labute approximate surface area is 143 Å². The van der Waals surface area contributed by atoms with E-state index in [4.69, 9.17) is 0 Å². The summed E-state index contributed by atoms with van der Waals surface area (Å²) >= 11 is 0. The first-order valence-corrected chi connectivity index (χ1v) is 9.22. The number of anilines is 1. The third-order valence-electron chi connectivity index (χ3n) is 6.39. The number of rotatable bonds is 4. The number of benzene rings is 1. The van der Waals surface area contributed by atoms with Crippen molar-refractivity contribution in [2.75, 3.05) is 12.4 Å². The largest absolute Gasteiger partial charge is 0.359 e. The minimum absolute atomic E-state index is 0.000353. The lowest BCUT2D eigenvalue weighted by molar-refractivity contribution is -0.132. The Morgan fingerprint density at radius 1 is 0.958 bits per heavy atom. The molecule has 0 unspecified atom stereocenters. The molecule has 4 aliphatic rings. The molecule has 1 aromatic rings. The second-order valence-corrected chi connectivity index (χ2v) is 7.99. The van der Waals surface area contributed by atoms with Crippen LogP contribution >= 0.6 is 0 Å². The average molecular weight is 326 g/mol. The summed E-state index contributed by atoms with van der Waals surface area (Å²) in [6, 6.07) is 7.65. The van der Waals surface area contributed by atoms with Crippen LogP contribution in [0.3, 0.4) is 0 Å². The summed E-state index contributed by atoms with van der Waals surface area (Å²) < 4.78 is 0. The summed E-state index contributed by atoms with van der Waals surface area (Å²) in [5.74, 6) is 3.41. The van der Waals surface area contributed by atoms with Crippen molar-refractivity contribution < 1.29 is 9.59 Å². The minimum Gasteiger partial charge on any atom is -0.359 e. The van der Waals surface area contributed by atoms with Crippen LogP contribution in [-0.4, -0.2) is 18.9 Å². The topological polar surface area (TPSA) is 58.2 Å². The van der Waals surface area contributed by atoms with Gasteiger partial charge in [-0.25, -0.2) is 0 Å². The highest BCUT2D eigenvalue weighted by Crippen LogP contribution is 2.56. The van der Waals surface area contributed by atoms with Crippen molar-refractivity contribution in [1.82, 2.24) is 5.32 Å². The van der Waals surface area contributed by atoms with E-state index < -0.39 is 0 Å². The summed E-state index contributed by atoms with van der Waals surface area (Å²) in [5, 5.41) is 5.75. The molecule has 0 heterocycles. The van der Waals surface area contributed by atoms with Gasteiger partial charge in [-0.2, -0.15) is 0 Å². The van der Waals surface area contributed by atoms with Crippen molar-refractivity contribution in [2.45, 2.75) is 38.5 Å². The fraction of sp³-hybridized carbons (Fsp3) is 0.600. The lowest BCUT2D eigenvalue weighted by atomic mass is 9.51. The van der Waals surface area contributed by atoms with Crippen LogP contribution in [0, 0.1) is 29.6 Å². The first-order chi connectivity index (χ1) is 11.6. The molecule has 4 saturated carbocycles. The first-order valence-electron chi connectivity index (χ1n) is 9.22. The molecule has 0 atom stereocenters. The molecule has 128 valence electrons. The van der Waals surface area contributed by atoms with E-state index in [1.165, 1.54) is 32.1 Å². The van der Waals surface area contributed by atoms with E-state index in [1.54, 1.807) is 7.05 Å². The van der Waals surface area contributed by atoms with Gasteiger partial charge in [-0.15, -0.1) is 0 Å². The summed E-state index contributed by atoms with van der Waals surface area (Å²) in [6.07, 6.45) is 6.83. The van der Waals surface area contributed by atoms with Crippen molar-refractivity contribution in [3.05, 3.63) is 29.8 Å². The maximum absolute atomic E-state index is 12.8. The van der Waals surface area contributed by atoms with Crippen LogP contribution in [0.2, 0.25) is 0 Å². The third kappa shape index (κ3) is 2.94. The number of nitrogens with one attached hydrogen (secondary N) is 2. The van der Waals surface area contributed by atoms with E-state index in [1.807, 2.05) is 24.3 Å². The predicted molar refractivity (Wildman–Crippen MR) is 93.4 cm³/mol. The maximum Gasteiger partial charge on any atom is 0.228 e. The van der Waals surface area contributed by atoms with Gasteiger partial charge in [0.15, 0.2) is 0 Å². The van der Waals surface area contributed by atoms with Crippen molar-refractivity contribution >= 4 is 17.5 Å². The normalized spacial score (nSPS) is 33.3. The fourth-order valence-corrected chi connectivity index (χ4v) is 5.56. The van der Waals surface area contributed by atoms with Crippen LogP contribution in [0.1, 0.15) is 37.7 Å². The van der Waals surface area contributed by atoms with Crippen LogP contribution in [0.5, 0.6) is 0 Å². The van der Waals surface area contributed by atoms with Crippen molar-refractivity contribution in [1.29, 1.82) is 0 Å². The highest BCUT2D eigenvalue weighted by Gasteiger charge is 2.50. The quantitative estimate of drug-likeness (QED) is 0.893. The van der Waals surface area contributed by atoms with E-state index in [-0.39, 0.29) is 17.7 Å². The van der Waals surface area contributed by atoms with Gasteiger partial charge in [0.2, 0.25) is 11.8 Å². The van der Waals surface area contributed by atoms with Gasteiger partial charge in [-0.05, 0) is 73.5 Å². The average Bonchev–Trinajstić information content (AvgIpc) is 2.55. The van der Waals surface area contributed by atoms with Crippen LogP contribution < -0.4 is 10.6 Å². The number of hydrogen-bond acceptors (Lipinski definition) is 2. The number of hydrogen-bond donors (Lipinski definition) is 2. The van der Waals surface area contributed by atoms with E-state index in [2.05, 4.69) is 10.6 Å². The molecule has 0 aromatic heterocycles.